The standard InChI is InChI=1S/C30H36BrN3O4S/c1-6-27(29(36)32-30(3,4)5)33(20-23-10-8-7-9-11-23)28(35)21-34(25-16-14-24(31)15-17-25)39(37,38)26-18-12-22(2)13-19-26/h7-19,27H,6,20-21H2,1-5H3,(H,32,36)/t27-/m0/s1. The van der Waals surface area contributed by atoms with Crippen LogP contribution < -0.4 is 9.62 Å². The fourth-order valence-electron chi connectivity index (χ4n) is 4.13. The summed E-state index contributed by atoms with van der Waals surface area (Å²) in [6.45, 7) is 9.05. The molecule has 39 heavy (non-hydrogen) atoms. The van der Waals surface area contributed by atoms with Gasteiger partial charge in [0.2, 0.25) is 11.8 Å². The Balaban J connectivity index is 2.05. The number of rotatable bonds is 10. The second-order valence-corrected chi connectivity index (χ2v) is 13.2. The number of hydrogen-bond acceptors (Lipinski definition) is 4. The van der Waals surface area contributed by atoms with Gasteiger partial charge in [0.05, 0.1) is 10.6 Å². The molecule has 0 unspecified atom stereocenters. The predicted octanol–water partition coefficient (Wildman–Crippen LogP) is 5.67. The van der Waals surface area contributed by atoms with Crippen molar-refractivity contribution in [1.29, 1.82) is 0 Å². The summed E-state index contributed by atoms with van der Waals surface area (Å²) >= 11 is 3.39. The van der Waals surface area contributed by atoms with Crippen molar-refractivity contribution >= 4 is 43.5 Å². The lowest BCUT2D eigenvalue weighted by Crippen LogP contribution is -2.55. The average Bonchev–Trinajstić information content (AvgIpc) is 2.87. The maximum atomic E-state index is 14.0. The van der Waals surface area contributed by atoms with Crippen LogP contribution in [0.2, 0.25) is 0 Å². The Bertz CT molecular complexity index is 1370. The van der Waals surface area contributed by atoms with Crippen LogP contribution in [-0.4, -0.2) is 43.3 Å². The van der Waals surface area contributed by atoms with Crippen molar-refractivity contribution in [3.8, 4) is 0 Å². The van der Waals surface area contributed by atoms with Gasteiger partial charge in [0.15, 0.2) is 0 Å². The summed E-state index contributed by atoms with van der Waals surface area (Å²) < 4.78 is 29.6. The van der Waals surface area contributed by atoms with E-state index in [2.05, 4.69) is 21.2 Å². The van der Waals surface area contributed by atoms with E-state index >= 15 is 0 Å². The van der Waals surface area contributed by atoms with Gasteiger partial charge < -0.3 is 10.2 Å². The molecule has 0 spiro atoms. The maximum absolute atomic E-state index is 14.0. The quantitative estimate of drug-likeness (QED) is 0.319. The van der Waals surface area contributed by atoms with Crippen LogP contribution in [0.15, 0.2) is 88.2 Å². The normalized spacial score (nSPS) is 12.5. The molecule has 0 heterocycles. The highest BCUT2D eigenvalue weighted by atomic mass is 79.9. The summed E-state index contributed by atoms with van der Waals surface area (Å²) in [7, 11) is -4.10. The number of carbonyl (C=O) groups excluding carboxylic acids is 2. The molecule has 3 rings (SSSR count). The summed E-state index contributed by atoms with van der Waals surface area (Å²) in [6, 6.07) is 21.8. The molecule has 9 heteroatoms. The van der Waals surface area contributed by atoms with Crippen molar-refractivity contribution in [3.63, 3.8) is 0 Å². The molecule has 7 nitrogen and oxygen atoms in total. The number of anilines is 1. The minimum Gasteiger partial charge on any atom is -0.350 e. The molecule has 0 saturated heterocycles. The highest BCUT2D eigenvalue weighted by Gasteiger charge is 2.34. The Morgan fingerprint density at radius 1 is 0.923 bits per heavy atom. The van der Waals surface area contributed by atoms with Gasteiger partial charge in [0.25, 0.3) is 10.0 Å². The van der Waals surface area contributed by atoms with Gasteiger partial charge in [-0.2, -0.15) is 0 Å². The SMILES string of the molecule is CC[C@@H](C(=O)NC(C)(C)C)N(Cc1ccccc1)C(=O)CN(c1ccc(Br)cc1)S(=O)(=O)c1ccc(C)cc1. The first-order chi connectivity index (χ1) is 18.3. The second kappa shape index (κ2) is 12.8. The number of aryl methyl sites for hydroxylation is 1. The number of halogens is 1. The fourth-order valence-corrected chi connectivity index (χ4v) is 5.80. The number of sulfonamides is 1. The lowest BCUT2D eigenvalue weighted by molar-refractivity contribution is -0.141. The molecule has 1 N–H and O–H groups in total. The third kappa shape index (κ3) is 8.16. The summed E-state index contributed by atoms with van der Waals surface area (Å²) in [5, 5.41) is 2.97. The first-order valence-corrected chi connectivity index (χ1v) is 15.1. The van der Waals surface area contributed by atoms with Crippen LogP contribution >= 0.6 is 15.9 Å². The number of nitrogens with one attached hydrogen (secondary N) is 1. The smallest absolute Gasteiger partial charge is 0.264 e. The largest absolute Gasteiger partial charge is 0.350 e. The molecule has 1 atom stereocenters. The zero-order valence-electron chi connectivity index (χ0n) is 23.0. The van der Waals surface area contributed by atoms with Gasteiger partial charge in [0.1, 0.15) is 12.6 Å². The van der Waals surface area contributed by atoms with Crippen molar-refractivity contribution in [2.45, 2.75) is 64.1 Å². The minimum atomic E-state index is -4.10. The van der Waals surface area contributed by atoms with Crippen LogP contribution in [0.5, 0.6) is 0 Å². The van der Waals surface area contributed by atoms with E-state index in [1.165, 1.54) is 17.0 Å². The van der Waals surface area contributed by atoms with Crippen molar-refractivity contribution in [1.82, 2.24) is 10.2 Å². The van der Waals surface area contributed by atoms with Crippen LogP contribution in [0.1, 0.15) is 45.2 Å². The van der Waals surface area contributed by atoms with Crippen LogP contribution in [0.3, 0.4) is 0 Å². The van der Waals surface area contributed by atoms with E-state index in [4.69, 9.17) is 0 Å². The minimum absolute atomic E-state index is 0.0796. The number of carbonyl (C=O) groups is 2. The molecule has 0 aliphatic heterocycles. The van der Waals surface area contributed by atoms with Gasteiger partial charge in [-0.15, -0.1) is 0 Å². The lowest BCUT2D eigenvalue weighted by atomic mass is 10.1. The van der Waals surface area contributed by atoms with Gasteiger partial charge in [-0.25, -0.2) is 8.42 Å². The van der Waals surface area contributed by atoms with E-state index in [9.17, 15) is 18.0 Å². The molecule has 0 aliphatic rings. The van der Waals surface area contributed by atoms with E-state index in [-0.39, 0.29) is 17.3 Å². The Labute approximate surface area is 240 Å². The van der Waals surface area contributed by atoms with Crippen LogP contribution in [0.25, 0.3) is 0 Å². The van der Waals surface area contributed by atoms with Crippen molar-refractivity contribution in [3.05, 3.63) is 94.5 Å². The van der Waals surface area contributed by atoms with Gasteiger partial charge in [-0.05, 0) is 76.1 Å². The summed E-state index contributed by atoms with van der Waals surface area (Å²) in [5.74, 6) is -0.765. The highest BCUT2D eigenvalue weighted by molar-refractivity contribution is 9.10. The molecule has 208 valence electrons. The monoisotopic (exact) mass is 613 g/mol. The highest BCUT2D eigenvalue weighted by Crippen LogP contribution is 2.26. The molecule has 0 aliphatic carbocycles. The van der Waals surface area contributed by atoms with Crippen molar-refractivity contribution < 1.29 is 18.0 Å². The van der Waals surface area contributed by atoms with Gasteiger partial charge >= 0.3 is 0 Å². The van der Waals surface area contributed by atoms with E-state index < -0.39 is 34.1 Å². The number of benzene rings is 3. The lowest BCUT2D eigenvalue weighted by Gasteiger charge is -2.34. The third-order valence-corrected chi connectivity index (χ3v) is 8.40. The molecular formula is C30H36BrN3O4S. The second-order valence-electron chi connectivity index (χ2n) is 10.5. The first-order valence-electron chi connectivity index (χ1n) is 12.8. The Morgan fingerprint density at radius 2 is 1.51 bits per heavy atom. The van der Waals surface area contributed by atoms with E-state index in [0.717, 1.165) is 19.9 Å². The molecule has 0 aromatic heterocycles. The van der Waals surface area contributed by atoms with Crippen molar-refractivity contribution in [2.75, 3.05) is 10.8 Å². The van der Waals surface area contributed by atoms with E-state index in [0.29, 0.717) is 12.1 Å². The number of hydrogen-bond donors (Lipinski definition) is 1. The molecule has 0 fully saturated rings. The number of amides is 2. The summed E-state index contributed by atoms with van der Waals surface area (Å²) in [5.41, 5.74) is 1.61. The molecule has 2 amide bonds. The molecule has 3 aromatic carbocycles. The van der Waals surface area contributed by atoms with Crippen LogP contribution in [-0.2, 0) is 26.2 Å². The Kier molecular flexibility index (Phi) is 9.96. The average molecular weight is 615 g/mol. The Morgan fingerprint density at radius 3 is 2.05 bits per heavy atom. The van der Waals surface area contributed by atoms with E-state index in [1.54, 1.807) is 36.4 Å². The van der Waals surface area contributed by atoms with E-state index in [1.807, 2.05) is 65.0 Å². The summed E-state index contributed by atoms with van der Waals surface area (Å²) in [4.78, 5) is 28.9. The Hall–Kier alpha value is -3.17. The number of nitrogens with zero attached hydrogens (tertiary/aromatic N) is 2. The molecule has 0 radical (unpaired) electrons. The van der Waals surface area contributed by atoms with Gasteiger partial charge in [-0.3, -0.25) is 13.9 Å². The molecule has 0 saturated carbocycles. The predicted molar refractivity (Wildman–Crippen MR) is 159 cm³/mol. The van der Waals surface area contributed by atoms with Gasteiger partial charge in [0, 0.05) is 16.6 Å². The topological polar surface area (TPSA) is 86.8 Å². The molecule has 0 bridgehead atoms. The third-order valence-electron chi connectivity index (χ3n) is 6.08. The zero-order valence-corrected chi connectivity index (χ0v) is 25.4. The van der Waals surface area contributed by atoms with Crippen LogP contribution in [0, 0.1) is 6.92 Å². The van der Waals surface area contributed by atoms with Gasteiger partial charge in [-0.1, -0.05) is 70.9 Å². The zero-order chi connectivity index (χ0) is 28.8. The summed E-state index contributed by atoms with van der Waals surface area (Å²) in [6.07, 6.45) is 0.365. The maximum Gasteiger partial charge on any atom is 0.264 e. The molecular weight excluding hydrogens is 578 g/mol. The fraction of sp³-hybridized carbons (Fsp3) is 0.333. The first kappa shape index (κ1) is 30.4. The van der Waals surface area contributed by atoms with Crippen molar-refractivity contribution in [2.24, 2.45) is 0 Å². The van der Waals surface area contributed by atoms with Crippen LogP contribution in [0.4, 0.5) is 5.69 Å². The molecule has 3 aromatic rings.